The number of H-pyrrole nitrogens is 2. The molecule has 0 aliphatic carbocycles. The third-order valence-corrected chi connectivity index (χ3v) is 12.7. The molecular formula is C58H43F4N7O7. The van der Waals surface area contributed by atoms with E-state index >= 15 is 0 Å². The Morgan fingerprint density at radius 2 is 0.974 bits per heavy atom. The lowest BCUT2D eigenvalue weighted by atomic mass is 9.98. The predicted molar refractivity (Wildman–Crippen MR) is 276 cm³/mol. The zero-order valence-electron chi connectivity index (χ0n) is 40.0. The summed E-state index contributed by atoms with van der Waals surface area (Å²) in [7, 11) is 0. The maximum absolute atomic E-state index is 13.6. The molecule has 0 unspecified atom stereocenters. The molecule has 0 fully saturated rings. The zero-order chi connectivity index (χ0) is 53.6. The first-order valence-electron chi connectivity index (χ1n) is 23.6. The first-order chi connectivity index (χ1) is 36.6. The molecule has 4 aromatic carbocycles. The number of aromatic carboxylic acids is 1. The van der Waals surface area contributed by atoms with Crippen molar-refractivity contribution in [2.45, 2.75) is 38.8 Å². The molecule has 0 atom stereocenters. The Morgan fingerprint density at radius 3 is 1.41 bits per heavy atom. The highest BCUT2D eigenvalue weighted by atomic mass is 19.2. The molecule has 0 aliphatic heterocycles. The quantitative estimate of drug-likeness (QED) is 0.0534. The second-order valence-electron chi connectivity index (χ2n) is 17.8. The molecule has 10 rings (SSSR count). The number of hydrogen-bond donors (Lipinski definition) is 4. The summed E-state index contributed by atoms with van der Waals surface area (Å²) >= 11 is 0. The lowest BCUT2D eigenvalue weighted by Gasteiger charge is -2.09. The largest absolute Gasteiger partial charge is 0.478 e. The number of carboxylic acids is 1. The summed E-state index contributed by atoms with van der Waals surface area (Å²) in [6, 6.07) is 31.3. The smallest absolute Gasteiger partial charge is 0.337 e. The van der Waals surface area contributed by atoms with Crippen LogP contribution >= 0.6 is 0 Å². The molecule has 10 aromatic rings. The molecule has 6 heterocycles. The summed E-state index contributed by atoms with van der Waals surface area (Å²) < 4.78 is 56.1. The molecule has 0 bridgehead atoms. The number of nitrogens with zero attached hydrogens (tertiary/aromatic N) is 4. The number of aryl methyl sites for hydroxylation is 2. The van der Waals surface area contributed by atoms with Crippen molar-refractivity contribution in [1.82, 2.24) is 29.1 Å². The Hall–Kier alpha value is -9.84. The highest BCUT2D eigenvalue weighted by Gasteiger charge is 2.18. The molecule has 380 valence electrons. The lowest BCUT2D eigenvalue weighted by Crippen LogP contribution is -2.26. The average molecular weight is 1030 g/mol. The zero-order valence-corrected chi connectivity index (χ0v) is 40.0. The molecule has 0 spiro atoms. The van der Waals surface area contributed by atoms with Gasteiger partial charge in [-0.15, -0.1) is 0 Å². The van der Waals surface area contributed by atoms with E-state index in [0.717, 1.165) is 63.0 Å². The molecule has 76 heavy (non-hydrogen) atoms. The second-order valence-corrected chi connectivity index (χ2v) is 17.8. The minimum absolute atomic E-state index is 0.00225. The van der Waals surface area contributed by atoms with E-state index in [-0.39, 0.29) is 54.2 Å². The van der Waals surface area contributed by atoms with Gasteiger partial charge in [-0.05, 0) is 107 Å². The van der Waals surface area contributed by atoms with Gasteiger partial charge >= 0.3 is 5.97 Å². The van der Waals surface area contributed by atoms with Crippen LogP contribution in [0.3, 0.4) is 0 Å². The van der Waals surface area contributed by atoms with Crippen molar-refractivity contribution >= 4 is 45.5 Å². The summed E-state index contributed by atoms with van der Waals surface area (Å²) in [6.07, 6.45) is 10.2. The number of benzene rings is 4. The number of amides is 1. The van der Waals surface area contributed by atoms with Crippen LogP contribution < -0.4 is 16.9 Å². The Morgan fingerprint density at radius 1 is 0.526 bits per heavy atom. The molecule has 1 amide bonds. The number of primary amides is 1. The monoisotopic (exact) mass is 1030 g/mol. The fourth-order valence-corrected chi connectivity index (χ4v) is 8.73. The van der Waals surface area contributed by atoms with E-state index in [1.54, 1.807) is 36.7 Å². The lowest BCUT2D eigenvalue weighted by molar-refractivity contribution is 0.0695. The van der Waals surface area contributed by atoms with Gasteiger partial charge < -0.3 is 29.9 Å². The van der Waals surface area contributed by atoms with Gasteiger partial charge in [-0.2, -0.15) is 0 Å². The van der Waals surface area contributed by atoms with Crippen molar-refractivity contribution in [3.63, 3.8) is 0 Å². The SMILES string of the molecule is NC(=O)c1cnc2[nH]cc(-c3cccc(CCC(=O)c4cccn(Cc5ccc(F)c(F)c5)c4=O)c3)c2c1.O=C(O)c1cnc2[nH]cc(-c3cccc(CCC(=O)c4cccn(Cc5ccc(F)c(F)c5)c4=O)c3)c2c1. The fourth-order valence-electron chi connectivity index (χ4n) is 8.73. The number of carboxylic acid groups (broad SMARTS) is 1. The number of aromatic nitrogens is 6. The van der Waals surface area contributed by atoms with E-state index in [0.29, 0.717) is 46.2 Å². The number of rotatable bonds is 16. The van der Waals surface area contributed by atoms with Gasteiger partial charge in [0.25, 0.3) is 11.1 Å². The number of Topliss-reactive ketones (excluding diaryl/α,β-unsaturated/α-hetero) is 2. The number of fused-ring (bicyclic) bond motifs is 2. The third kappa shape index (κ3) is 11.4. The van der Waals surface area contributed by atoms with Gasteiger partial charge in [0.2, 0.25) is 5.91 Å². The average Bonchev–Trinajstić information content (AvgIpc) is 4.06. The van der Waals surface area contributed by atoms with Crippen molar-refractivity contribution in [2.24, 2.45) is 5.73 Å². The standard InChI is InChI=1S/C29H22F2N4O3.C29H21F2N3O4/c30-24-8-6-18(12-25(24)31)16-35-10-2-5-21(29(35)38)26(36)9-7-17-3-1-4-19(11-17)23-15-34-28-22(23)13-20(14-33-28)27(32)37;30-24-8-6-18(12-25(24)31)16-34-10-2-5-21(28(34)36)26(35)9-7-17-3-1-4-19(11-17)23-15-33-27-22(23)13-20(14-32-27)29(37)38/h1-6,8,10-15H,7,9,16H2,(H2,32,37)(H,33,34);1-6,8,10-15H,7,9,16H2,(H,32,33)(H,37,38). The van der Waals surface area contributed by atoms with Crippen molar-refractivity contribution in [3.05, 3.63) is 247 Å². The maximum atomic E-state index is 13.6. The molecule has 0 saturated heterocycles. The van der Waals surface area contributed by atoms with Crippen LogP contribution in [0.1, 0.15) is 76.5 Å². The van der Waals surface area contributed by atoms with Crippen LogP contribution in [0.5, 0.6) is 0 Å². The first kappa shape index (κ1) is 51.1. The van der Waals surface area contributed by atoms with Gasteiger partial charge in [0.15, 0.2) is 34.8 Å². The minimum Gasteiger partial charge on any atom is -0.478 e. The van der Waals surface area contributed by atoms with Gasteiger partial charge in [0.05, 0.1) is 35.3 Å². The van der Waals surface area contributed by atoms with Gasteiger partial charge in [-0.25, -0.2) is 32.3 Å². The van der Waals surface area contributed by atoms with Crippen molar-refractivity contribution in [1.29, 1.82) is 0 Å². The predicted octanol–water partition coefficient (Wildman–Crippen LogP) is 9.86. The third-order valence-electron chi connectivity index (χ3n) is 12.7. The number of hydrogen-bond acceptors (Lipinski definition) is 8. The molecular weight excluding hydrogens is 983 g/mol. The second kappa shape index (κ2) is 22.1. The van der Waals surface area contributed by atoms with Gasteiger partial charge in [-0.1, -0.05) is 60.7 Å². The van der Waals surface area contributed by atoms with Gasteiger partial charge in [-0.3, -0.25) is 24.0 Å². The Bertz CT molecular complexity index is 3770. The summed E-state index contributed by atoms with van der Waals surface area (Å²) in [5.74, 6) is -6.22. The number of nitrogens with one attached hydrogen (secondary N) is 2. The molecule has 0 radical (unpaired) electrons. The van der Waals surface area contributed by atoms with Crippen LogP contribution in [0.25, 0.3) is 44.3 Å². The molecule has 0 saturated carbocycles. The van der Waals surface area contributed by atoms with Crippen molar-refractivity contribution in [3.8, 4) is 22.3 Å². The van der Waals surface area contributed by atoms with Crippen LogP contribution in [0, 0.1) is 23.3 Å². The fraction of sp³-hybridized carbons (Fsp3) is 0.103. The van der Waals surface area contributed by atoms with Crippen LogP contribution in [0.15, 0.2) is 168 Å². The number of ketones is 2. The van der Waals surface area contributed by atoms with E-state index in [4.69, 9.17) is 5.73 Å². The molecule has 14 nitrogen and oxygen atoms in total. The van der Waals surface area contributed by atoms with Crippen molar-refractivity contribution in [2.75, 3.05) is 0 Å². The Balaban J connectivity index is 0.000000186. The normalized spacial score (nSPS) is 11.1. The number of nitrogens with two attached hydrogens (primary N) is 1. The molecule has 18 heteroatoms. The number of carbonyl (C=O) groups is 4. The van der Waals surface area contributed by atoms with E-state index in [1.807, 2.05) is 48.5 Å². The number of pyridine rings is 4. The Kier molecular flexibility index (Phi) is 14.9. The molecule has 6 aromatic heterocycles. The topological polar surface area (TPSA) is 216 Å². The van der Waals surface area contributed by atoms with Crippen LogP contribution in [-0.2, 0) is 25.9 Å². The highest BCUT2D eigenvalue weighted by Crippen LogP contribution is 2.31. The summed E-state index contributed by atoms with van der Waals surface area (Å²) in [5, 5.41) is 10.7. The van der Waals surface area contributed by atoms with Crippen molar-refractivity contribution < 1.29 is 41.8 Å². The number of halogens is 4. The number of carbonyl (C=O) groups excluding carboxylic acids is 3. The number of aromatic amines is 2. The summed E-state index contributed by atoms with van der Waals surface area (Å²) in [5.41, 5.74) is 11.9. The van der Waals surface area contributed by atoms with E-state index in [1.165, 1.54) is 58.2 Å². The van der Waals surface area contributed by atoms with E-state index in [9.17, 15) is 51.4 Å². The summed E-state index contributed by atoms with van der Waals surface area (Å²) in [6.45, 7) is 0.0123. The van der Waals surface area contributed by atoms with Gasteiger partial charge in [0.1, 0.15) is 11.3 Å². The minimum atomic E-state index is -1.07. The highest BCUT2D eigenvalue weighted by molar-refractivity contribution is 6.01. The molecule has 0 aliphatic rings. The van der Waals surface area contributed by atoms with Crippen LogP contribution in [-0.4, -0.2) is 57.6 Å². The van der Waals surface area contributed by atoms with Crippen LogP contribution in [0.4, 0.5) is 17.6 Å². The van der Waals surface area contributed by atoms with E-state index < -0.39 is 46.3 Å². The van der Waals surface area contributed by atoms with Gasteiger partial charge in [0, 0.05) is 71.9 Å². The van der Waals surface area contributed by atoms with E-state index in [2.05, 4.69) is 19.9 Å². The first-order valence-corrected chi connectivity index (χ1v) is 23.6. The molecule has 5 N–H and O–H groups in total. The summed E-state index contributed by atoms with van der Waals surface area (Å²) in [4.78, 5) is 89.2. The van der Waals surface area contributed by atoms with Crippen LogP contribution in [0.2, 0.25) is 0 Å². The maximum Gasteiger partial charge on any atom is 0.337 e. The Labute approximate surface area is 428 Å².